The molecule has 70 valence electrons. The van der Waals surface area contributed by atoms with Crippen molar-refractivity contribution in [1.82, 2.24) is 15.0 Å². The maximum atomic E-state index is 5.42. The molecule has 0 aromatic carbocycles. The summed E-state index contributed by atoms with van der Waals surface area (Å²) < 4.78 is 6.28. The zero-order valence-electron chi connectivity index (χ0n) is 7.09. The molecular formula is C9H6BrN3O. The van der Waals surface area contributed by atoms with Crippen LogP contribution in [-0.2, 0) is 0 Å². The average molecular weight is 252 g/mol. The van der Waals surface area contributed by atoms with E-state index in [0.29, 0.717) is 11.6 Å². The van der Waals surface area contributed by atoms with Crippen LogP contribution in [0, 0.1) is 0 Å². The lowest BCUT2D eigenvalue weighted by Crippen LogP contribution is -1.88. The summed E-state index contributed by atoms with van der Waals surface area (Å²) in [6, 6.07) is 3.50. The Morgan fingerprint density at radius 2 is 2.14 bits per heavy atom. The number of hydrogen-bond donors (Lipinski definition) is 0. The first-order valence-corrected chi connectivity index (χ1v) is 4.68. The smallest absolute Gasteiger partial charge is 0.222 e. The van der Waals surface area contributed by atoms with Crippen LogP contribution in [0.15, 0.2) is 41.5 Å². The van der Waals surface area contributed by atoms with Crippen LogP contribution in [-0.4, -0.2) is 15.0 Å². The molecule has 2 rings (SSSR count). The Morgan fingerprint density at radius 1 is 1.21 bits per heavy atom. The van der Waals surface area contributed by atoms with Crippen LogP contribution < -0.4 is 4.74 Å². The van der Waals surface area contributed by atoms with E-state index >= 15 is 0 Å². The van der Waals surface area contributed by atoms with Gasteiger partial charge in [-0.3, -0.25) is 4.98 Å². The quantitative estimate of drug-likeness (QED) is 0.823. The monoisotopic (exact) mass is 251 g/mol. The van der Waals surface area contributed by atoms with Crippen molar-refractivity contribution in [3.8, 4) is 11.6 Å². The van der Waals surface area contributed by atoms with Crippen LogP contribution in [0.5, 0.6) is 11.6 Å². The largest absolute Gasteiger partial charge is 0.437 e. The fraction of sp³-hybridized carbons (Fsp3) is 0. The lowest BCUT2D eigenvalue weighted by molar-refractivity contribution is 0.459. The molecule has 2 heterocycles. The molecule has 0 aliphatic rings. The van der Waals surface area contributed by atoms with Crippen molar-refractivity contribution in [2.45, 2.75) is 0 Å². The second kappa shape index (κ2) is 4.15. The van der Waals surface area contributed by atoms with Gasteiger partial charge in [0.2, 0.25) is 5.88 Å². The van der Waals surface area contributed by atoms with E-state index in [2.05, 4.69) is 30.9 Å². The lowest BCUT2D eigenvalue weighted by atomic mass is 10.5. The number of hydrogen-bond acceptors (Lipinski definition) is 4. The van der Waals surface area contributed by atoms with Gasteiger partial charge in [-0.05, 0) is 22.0 Å². The topological polar surface area (TPSA) is 47.9 Å². The third-order valence-electron chi connectivity index (χ3n) is 1.46. The maximum Gasteiger partial charge on any atom is 0.222 e. The van der Waals surface area contributed by atoms with Crippen molar-refractivity contribution in [3.63, 3.8) is 0 Å². The highest BCUT2D eigenvalue weighted by Gasteiger charge is 1.98. The Bertz CT molecular complexity index is 421. The molecule has 0 saturated carbocycles. The normalized spacial score (nSPS) is 9.79. The van der Waals surface area contributed by atoms with Crippen molar-refractivity contribution in [2.75, 3.05) is 0 Å². The highest BCUT2D eigenvalue weighted by atomic mass is 79.9. The zero-order chi connectivity index (χ0) is 9.80. The number of nitrogens with zero attached hydrogens (tertiary/aromatic N) is 3. The van der Waals surface area contributed by atoms with Crippen molar-refractivity contribution in [2.24, 2.45) is 0 Å². The van der Waals surface area contributed by atoms with Gasteiger partial charge in [0.05, 0.1) is 6.20 Å². The molecular weight excluding hydrogens is 246 g/mol. The minimum atomic E-state index is 0.500. The number of aromatic nitrogens is 3. The van der Waals surface area contributed by atoms with Crippen LogP contribution in [0.25, 0.3) is 0 Å². The number of rotatable bonds is 2. The number of ether oxygens (including phenoxy) is 1. The number of halogens is 1. The van der Waals surface area contributed by atoms with E-state index in [1.807, 2.05) is 6.07 Å². The molecule has 0 radical (unpaired) electrons. The third-order valence-corrected chi connectivity index (χ3v) is 1.89. The maximum absolute atomic E-state index is 5.42. The summed E-state index contributed by atoms with van der Waals surface area (Å²) in [6.07, 6.45) is 6.36. The highest BCUT2D eigenvalue weighted by Crippen LogP contribution is 2.20. The Morgan fingerprint density at radius 3 is 2.86 bits per heavy atom. The summed E-state index contributed by atoms with van der Waals surface area (Å²) in [5.41, 5.74) is 0. The van der Waals surface area contributed by atoms with Gasteiger partial charge in [-0.15, -0.1) is 0 Å². The van der Waals surface area contributed by atoms with Gasteiger partial charge >= 0.3 is 0 Å². The fourth-order valence-corrected chi connectivity index (χ4v) is 1.25. The van der Waals surface area contributed by atoms with E-state index in [1.54, 1.807) is 24.7 Å². The average Bonchev–Trinajstić information content (AvgIpc) is 2.19. The molecule has 0 fully saturated rings. The molecule has 2 aromatic heterocycles. The Labute approximate surface area is 89.1 Å². The van der Waals surface area contributed by atoms with Crippen molar-refractivity contribution in [1.29, 1.82) is 0 Å². The molecule has 4 nitrogen and oxygen atoms in total. The van der Waals surface area contributed by atoms with Crippen LogP contribution in [0.4, 0.5) is 0 Å². The highest BCUT2D eigenvalue weighted by molar-refractivity contribution is 9.10. The predicted molar refractivity (Wildman–Crippen MR) is 54.0 cm³/mol. The van der Waals surface area contributed by atoms with Gasteiger partial charge in [-0.2, -0.15) is 0 Å². The standard InChI is InChI=1S/C9H6BrN3O/c10-7-3-8(5-12-4-7)14-9-1-2-11-6-13-9/h1-6H. The summed E-state index contributed by atoms with van der Waals surface area (Å²) in [6.45, 7) is 0. The van der Waals surface area contributed by atoms with E-state index in [4.69, 9.17) is 4.74 Å². The second-order valence-corrected chi connectivity index (χ2v) is 3.40. The van der Waals surface area contributed by atoms with Crippen molar-refractivity contribution >= 4 is 15.9 Å². The fourth-order valence-electron chi connectivity index (χ4n) is 0.908. The van der Waals surface area contributed by atoms with Crippen LogP contribution >= 0.6 is 15.9 Å². The van der Waals surface area contributed by atoms with E-state index in [-0.39, 0.29) is 0 Å². The van der Waals surface area contributed by atoms with Gasteiger partial charge in [0.15, 0.2) is 0 Å². The number of pyridine rings is 1. The van der Waals surface area contributed by atoms with E-state index in [9.17, 15) is 0 Å². The summed E-state index contributed by atoms with van der Waals surface area (Å²) in [4.78, 5) is 11.7. The molecule has 0 N–H and O–H groups in total. The van der Waals surface area contributed by atoms with E-state index < -0.39 is 0 Å². The second-order valence-electron chi connectivity index (χ2n) is 2.49. The third kappa shape index (κ3) is 2.26. The molecule has 0 bridgehead atoms. The Kier molecular flexibility index (Phi) is 2.69. The SMILES string of the molecule is Brc1cncc(Oc2ccncn2)c1. The van der Waals surface area contributed by atoms with Gasteiger partial charge < -0.3 is 4.74 Å². The molecule has 14 heavy (non-hydrogen) atoms. The summed E-state index contributed by atoms with van der Waals surface area (Å²) in [7, 11) is 0. The van der Waals surface area contributed by atoms with E-state index in [0.717, 1.165) is 4.47 Å². The first-order chi connectivity index (χ1) is 6.84. The van der Waals surface area contributed by atoms with Crippen LogP contribution in [0.3, 0.4) is 0 Å². The van der Waals surface area contributed by atoms with Gasteiger partial charge in [-0.25, -0.2) is 9.97 Å². The molecule has 0 atom stereocenters. The van der Waals surface area contributed by atoms with E-state index in [1.165, 1.54) is 6.33 Å². The minimum Gasteiger partial charge on any atom is -0.437 e. The zero-order valence-corrected chi connectivity index (χ0v) is 8.68. The lowest BCUT2D eigenvalue weighted by Gasteiger charge is -2.02. The summed E-state index contributed by atoms with van der Waals surface area (Å²) in [5, 5.41) is 0. The molecule has 0 saturated heterocycles. The molecule has 0 amide bonds. The van der Waals surface area contributed by atoms with Gasteiger partial charge in [0.25, 0.3) is 0 Å². The molecule has 2 aromatic rings. The van der Waals surface area contributed by atoms with Crippen LogP contribution in [0.2, 0.25) is 0 Å². The van der Waals surface area contributed by atoms with Gasteiger partial charge in [0.1, 0.15) is 12.1 Å². The molecule has 5 heteroatoms. The van der Waals surface area contributed by atoms with Crippen LogP contribution in [0.1, 0.15) is 0 Å². The molecule has 0 spiro atoms. The summed E-state index contributed by atoms with van der Waals surface area (Å²) >= 11 is 3.30. The molecule has 0 unspecified atom stereocenters. The Balaban J connectivity index is 2.19. The minimum absolute atomic E-state index is 0.500. The Hall–Kier alpha value is -1.49. The summed E-state index contributed by atoms with van der Waals surface area (Å²) in [5.74, 6) is 1.14. The first-order valence-electron chi connectivity index (χ1n) is 3.89. The molecule has 0 aliphatic carbocycles. The molecule has 0 aliphatic heterocycles. The van der Waals surface area contributed by atoms with Gasteiger partial charge in [0, 0.05) is 22.9 Å². The van der Waals surface area contributed by atoms with Gasteiger partial charge in [-0.1, -0.05) is 0 Å². The van der Waals surface area contributed by atoms with Crippen molar-refractivity contribution in [3.05, 3.63) is 41.5 Å². The first kappa shape index (κ1) is 9.08. The van der Waals surface area contributed by atoms with Crippen molar-refractivity contribution < 1.29 is 4.74 Å². The predicted octanol–water partition coefficient (Wildman–Crippen LogP) is 2.43.